The molecule has 0 spiro atoms. The van der Waals surface area contributed by atoms with Crippen molar-refractivity contribution in [3.05, 3.63) is 29.3 Å². The maximum atomic E-state index is 5.90. The molecule has 2 nitrogen and oxygen atoms in total. The molecule has 0 aliphatic carbocycles. The number of hydrogen-bond acceptors (Lipinski definition) is 2. The van der Waals surface area contributed by atoms with Crippen molar-refractivity contribution in [2.24, 2.45) is 0 Å². The molecular formula is C13H19ClN2. The van der Waals surface area contributed by atoms with Crippen LogP contribution in [0.3, 0.4) is 0 Å². The quantitative estimate of drug-likeness (QED) is 0.810. The zero-order valence-corrected chi connectivity index (χ0v) is 10.7. The van der Waals surface area contributed by atoms with Crippen molar-refractivity contribution in [3.63, 3.8) is 0 Å². The van der Waals surface area contributed by atoms with Crippen molar-refractivity contribution >= 4 is 17.3 Å². The third kappa shape index (κ3) is 2.89. The molecule has 0 bridgehead atoms. The van der Waals surface area contributed by atoms with Gasteiger partial charge in [0.05, 0.1) is 0 Å². The molecule has 0 unspecified atom stereocenters. The number of anilines is 1. The molecule has 1 N–H and O–H groups in total. The van der Waals surface area contributed by atoms with Gasteiger partial charge in [0, 0.05) is 35.9 Å². The lowest BCUT2D eigenvalue weighted by atomic mass is 10.0. The van der Waals surface area contributed by atoms with E-state index in [0.29, 0.717) is 0 Å². The molecule has 1 aromatic carbocycles. The van der Waals surface area contributed by atoms with Gasteiger partial charge in [0.25, 0.3) is 0 Å². The molecule has 88 valence electrons. The van der Waals surface area contributed by atoms with Crippen molar-refractivity contribution in [1.29, 1.82) is 0 Å². The lowest BCUT2D eigenvalue weighted by molar-refractivity contribution is 0.394. The first-order valence-corrected chi connectivity index (χ1v) is 6.20. The molecule has 3 heteroatoms. The summed E-state index contributed by atoms with van der Waals surface area (Å²) in [5.41, 5.74) is 1.52. The molecule has 1 fully saturated rings. The van der Waals surface area contributed by atoms with Gasteiger partial charge in [-0.25, -0.2) is 0 Å². The number of nitrogens with zero attached hydrogens (tertiary/aromatic N) is 1. The molecule has 0 saturated carbocycles. The van der Waals surface area contributed by atoms with Gasteiger partial charge in [-0.3, -0.25) is 0 Å². The third-order valence-electron chi connectivity index (χ3n) is 3.18. The van der Waals surface area contributed by atoms with Crippen LogP contribution in [0.4, 0.5) is 5.69 Å². The zero-order valence-electron chi connectivity index (χ0n) is 9.96. The molecule has 0 aromatic heterocycles. The molecule has 1 saturated heterocycles. The smallest absolute Gasteiger partial charge is 0.0407 e. The number of halogens is 1. The van der Waals surface area contributed by atoms with Crippen molar-refractivity contribution in [3.8, 4) is 0 Å². The minimum atomic E-state index is 0.251. The van der Waals surface area contributed by atoms with E-state index in [0.717, 1.165) is 31.1 Å². The van der Waals surface area contributed by atoms with Gasteiger partial charge in [-0.1, -0.05) is 11.6 Å². The predicted molar refractivity (Wildman–Crippen MR) is 70.4 cm³/mol. The van der Waals surface area contributed by atoms with Crippen LogP contribution in [0.2, 0.25) is 5.02 Å². The van der Waals surface area contributed by atoms with Gasteiger partial charge in [0.2, 0.25) is 0 Å². The molecule has 0 atom stereocenters. The summed E-state index contributed by atoms with van der Waals surface area (Å²) >= 11 is 5.90. The number of rotatable bonds is 1. The molecule has 1 heterocycles. The first kappa shape index (κ1) is 11.7. The molecule has 0 amide bonds. The van der Waals surface area contributed by atoms with E-state index in [1.807, 2.05) is 12.1 Å². The highest BCUT2D eigenvalue weighted by Crippen LogP contribution is 2.21. The standard InChI is InChI=1S/C13H19ClN2/c1-13(2)7-9-16(10-8-15-13)12-5-3-11(14)4-6-12/h3-6,15H,7-10H2,1-2H3. The fourth-order valence-corrected chi connectivity index (χ4v) is 2.18. The Morgan fingerprint density at radius 2 is 1.88 bits per heavy atom. The summed E-state index contributed by atoms with van der Waals surface area (Å²) in [4.78, 5) is 2.41. The van der Waals surface area contributed by atoms with E-state index < -0.39 is 0 Å². The molecule has 1 aliphatic rings. The van der Waals surface area contributed by atoms with E-state index in [4.69, 9.17) is 11.6 Å². The summed E-state index contributed by atoms with van der Waals surface area (Å²) in [6.07, 6.45) is 1.16. The van der Waals surface area contributed by atoms with Gasteiger partial charge in [-0.15, -0.1) is 0 Å². The first-order chi connectivity index (χ1) is 7.57. The minimum Gasteiger partial charge on any atom is -0.370 e. The second-order valence-corrected chi connectivity index (χ2v) is 5.46. The highest BCUT2D eigenvalue weighted by Gasteiger charge is 2.22. The van der Waals surface area contributed by atoms with Gasteiger partial charge in [-0.05, 0) is 44.5 Å². The third-order valence-corrected chi connectivity index (χ3v) is 3.44. The summed E-state index contributed by atoms with van der Waals surface area (Å²) in [6.45, 7) is 7.72. The molecular weight excluding hydrogens is 220 g/mol. The SMILES string of the molecule is CC1(C)CCN(c2ccc(Cl)cc2)CCN1. The van der Waals surface area contributed by atoms with Crippen molar-refractivity contribution in [2.75, 3.05) is 24.5 Å². The maximum absolute atomic E-state index is 5.90. The van der Waals surface area contributed by atoms with Crippen LogP contribution in [-0.2, 0) is 0 Å². The Labute approximate surface area is 103 Å². The van der Waals surface area contributed by atoms with Crippen LogP contribution in [0.5, 0.6) is 0 Å². The normalized spacial score (nSPS) is 20.6. The highest BCUT2D eigenvalue weighted by atomic mass is 35.5. The van der Waals surface area contributed by atoms with E-state index in [1.54, 1.807) is 0 Å². The molecule has 2 rings (SSSR count). The number of benzene rings is 1. The first-order valence-electron chi connectivity index (χ1n) is 5.82. The van der Waals surface area contributed by atoms with Gasteiger partial charge < -0.3 is 10.2 Å². The van der Waals surface area contributed by atoms with Crippen LogP contribution in [-0.4, -0.2) is 25.2 Å². The highest BCUT2D eigenvalue weighted by molar-refractivity contribution is 6.30. The monoisotopic (exact) mass is 238 g/mol. The zero-order chi connectivity index (χ0) is 11.6. The van der Waals surface area contributed by atoms with Crippen molar-refractivity contribution < 1.29 is 0 Å². The second kappa shape index (κ2) is 4.64. The van der Waals surface area contributed by atoms with E-state index in [-0.39, 0.29) is 5.54 Å². The van der Waals surface area contributed by atoms with Gasteiger partial charge in [-0.2, -0.15) is 0 Å². The number of nitrogens with one attached hydrogen (secondary N) is 1. The molecule has 1 aliphatic heterocycles. The van der Waals surface area contributed by atoms with Crippen LogP contribution < -0.4 is 10.2 Å². The Morgan fingerprint density at radius 1 is 1.19 bits per heavy atom. The topological polar surface area (TPSA) is 15.3 Å². The fraction of sp³-hybridized carbons (Fsp3) is 0.538. The van der Waals surface area contributed by atoms with Crippen LogP contribution in [0.15, 0.2) is 24.3 Å². The van der Waals surface area contributed by atoms with Gasteiger partial charge in [0.1, 0.15) is 0 Å². The Bertz CT molecular complexity index is 345. The summed E-state index contributed by atoms with van der Waals surface area (Å²) in [6, 6.07) is 8.11. The summed E-state index contributed by atoms with van der Waals surface area (Å²) < 4.78 is 0. The van der Waals surface area contributed by atoms with E-state index >= 15 is 0 Å². The average Bonchev–Trinajstić information content (AvgIpc) is 2.41. The van der Waals surface area contributed by atoms with Crippen LogP contribution in [0, 0.1) is 0 Å². The Morgan fingerprint density at radius 3 is 2.56 bits per heavy atom. The summed E-state index contributed by atoms with van der Waals surface area (Å²) in [5, 5.41) is 4.37. The maximum Gasteiger partial charge on any atom is 0.0407 e. The fourth-order valence-electron chi connectivity index (χ4n) is 2.05. The Kier molecular flexibility index (Phi) is 3.41. The van der Waals surface area contributed by atoms with Gasteiger partial charge >= 0.3 is 0 Å². The largest absolute Gasteiger partial charge is 0.370 e. The lowest BCUT2D eigenvalue weighted by Crippen LogP contribution is -2.39. The second-order valence-electron chi connectivity index (χ2n) is 5.02. The van der Waals surface area contributed by atoms with E-state index in [9.17, 15) is 0 Å². The lowest BCUT2D eigenvalue weighted by Gasteiger charge is -2.24. The number of hydrogen-bond donors (Lipinski definition) is 1. The summed E-state index contributed by atoms with van der Waals surface area (Å²) in [5.74, 6) is 0. The van der Waals surface area contributed by atoms with E-state index in [2.05, 4.69) is 36.2 Å². The van der Waals surface area contributed by atoms with Crippen molar-refractivity contribution in [2.45, 2.75) is 25.8 Å². The average molecular weight is 239 g/mol. The predicted octanol–water partition coefficient (Wildman–Crippen LogP) is 2.92. The van der Waals surface area contributed by atoms with Gasteiger partial charge in [0.15, 0.2) is 0 Å². The molecule has 1 aromatic rings. The van der Waals surface area contributed by atoms with Crippen LogP contribution in [0.25, 0.3) is 0 Å². The van der Waals surface area contributed by atoms with Crippen molar-refractivity contribution in [1.82, 2.24) is 5.32 Å². The van der Waals surface area contributed by atoms with Crippen LogP contribution >= 0.6 is 11.6 Å². The molecule has 0 radical (unpaired) electrons. The minimum absolute atomic E-state index is 0.251. The Balaban J connectivity index is 2.08. The van der Waals surface area contributed by atoms with E-state index in [1.165, 1.54) is 5.69 Å². The molecule has 16 heavy (non-hydrogen) atoms. The van der Waals surface area contributed by atoms with Crippen LogP contribution in [0.1, 0.15) is 20.3 Å². The Hall–Kier alpha value is -0.730. The summed E-state index contributed by atoms with van der Waals surface area (Å²) in [7, 11) is 0.